The van der Waals surface area contributed by atoms with Crippen molar-refractivity contribution >= 4 is 29.1 Å². The number of carbonyl (C=O) groups is 2. The number of alkyl halides is 2. The molecule has 1 aromatic carbocycles. The second kappa shape index (κ2) is 12.5. The summed E-state index contributed by atoms with van der Waals surface area (Å²) in [4.78, 5) is 25.9. The van der Waals surface area contributed by atoms with Crippen molar-refractivity contribution in [2.75, 3.05) is 14.2 Å². The standard InChI is InChI=1S/C26H30F2N4O3S/c1-15(36-18(13-29)8-6-16-4-5-16)32-26(34)19-9-7-17(11-24(33)30-2)10-20(19)21-12-22(25(27)28)31-14-23(21)35-3/h7,9-10,12-16,22,25,31H,4-5,11,29H2,1-3H3,(H,30,33)(H,32,34)/b18-13-. The van der Waals surface area contributed by atoms with Crippen LogP contribution in [-0.4, -0.2) is 43.8 Å². The van der Waals surface area contributed by atoms with Crippen LogP contribution in [0.2, 0.25) is 0 Å². The molecule has 1 fully saturated rings. The lowest BCUT2D eigenvalue weighted by Gasteiger charge is -2.24. The fourth-order valence-corrected chi connectivity index (χ4v) is 4.23. The van der Waals surface area contributed by atoms with Crippen LogP contribution in [0.25, 0.3) is 5.57 Å². The molecule has 1 saturated carbocycles. The number of dihydropyridines is 1. The largest absolute Gasteiger partial charge is 0.495 e. The summed E-state index contributed by atoms with van der Waals surface area (Å²) in [5.41, 5.74) is 7.30. The van der Waals surface area contributed by atoms with Crippen molar-refractivity contribution in [3.63, 3.8) is 0 Å². The molecule has 0 aromatic heterocycles. The highest BCUT2D eigenvalue weighted by atomic mass is 32.2. The average molecular weight is 517 g/mol. The molecule has 1 aromatic rings. The summed E-state index contributed by atoms with van der Waals surface area (Å²) >= 11 is 1.32. The first-order chi connectivity index (χ1) is 17.2. The zero-order valence-corrected chi connectivity index (χ0v) is 21.2. The van der Waals surface area contributed by atoms with Gasteiger partial charge in [0.15, 0.2) is 0 Å². The van der Waals surface area contributed by atoms with Crippen LogP contribution in [0.5, 0.6) is 0 Å². The molecule has 0 spiro atoms. The summed E-state index contributed by atoms with van der Waals surface area (Å²) in [5.74, 6) is 6.27. The van der Waals surface area contributed by atoms with Crippen molar-refractivity contribution in [1.29, 1.82) is 0 Å². The minimum Gasteiger partial charge on any atom is -0.495 e. The number of likely N-dealkylation sites (N-methyl/N-ethyl adjacent to an activating group) is 1. The Kier molecular flexibility index (Phi) is 9.42. The quantitative estimate of drug-likeness (QED) is 0.297. The van der Waals surface area contributed by atoms with Gasteiger partial charge in [-0.25, -0.2) is 8.78 Å². The maximum atomic E-state index is 13.5. The zero-order valence-electron chi connectivity index (χ0n) is 20.4. The maximum Gasteiger partial charge on any atom is 0.261 e. The van der Waals surface area contributed by atoms with Gasteiger partial charge in [-0.2, -0.15) is 0 Å². The molecule has 2 unspecified atom stereocenters. The number of nitrogens with two attached hydrogens (primary N) is 1. The van der Waals surface area contributed by atoms with E-state index < -0.39 is 18.4 Å². The van der Waals surface area contributed by atoms with E-state index >= 15 is 0 Å². The molecule has 3 rings (SSSR count). The Morgan fingerprint density at radius 3 is 2.72 bits per heavy atom. The molecule has 192 valence electrons. The summed E-state index contributed by atoms with van der Waals surface area (Å²) < 4.78 is 32.4. The third-order valence-corrected chi connectivity index (χ3v) is 6.50. The van der Waals surface area contributed by atoms with E-state index in [9.17, 15) is 18.4 Å². The fraction of sp³-hybridized carbons (Fsp3) is 0.385. The molecule has 2 atom stereocenters. The van der Waals surface area contributed by atoms with Gasteiger partial charge in [0, 0.05) is 36.5 Å². The number of hydrogen-bond acceptors (Lipinski definition) is 6. The topological polar surface area (TPSA) is 105 Å². The van der Waals surface area contributed by atoms with Crippen molar-refractivity contribution in [3.05, 3.63) is 64.0 Å². The van der Waals surface area contributed by atoms with Gasteiger partial charge in [-0.15, -0.1) is 0 Å². The van der Waals surface area contributed by atoms with Gasteiger partial charge in [-0.05, 0) is 49.1 Å². The van der Waals surface area contributed by atoms with Gasteiger partial charge < -0.3 is 26.4 Å². The molecule has 36 heavy (non-hydrogen) atoms. The summed E-state index contributed by atoms with van der Waals surface area (Å²) in [6.07, 6.45) is 3.69. The van der Waals surface area contributed by atoms with E-state index in [-0.39, 0.29) is 23.3 Å². The SMILES string of the molecule is CNC(=O)Cc1ccc(C(=O)NC(C)S/C(C#CC2CC2)=C\N)c(C2=CC(C(F)F)NC=C2OC)c1. The second-order valence-electron chi connectivity index (χ2n) is 8.36. The minimum absolute atomic E-state index is 0.0673. The number of rotatable bonds is 9. The normalized spacial score (nSPS) is 18.2. The highest BCUT2D eigenvalue weighted by Crippen LogP contribution is 2.32. The summed E-state index contributed by atoms with van der Waals surface area (Å²) in [6, 6.07) is 3.65. The van der Waals surface area contributed by atoms with E-state index in [0.717, 1.165) is 12.8 Å². The zero-order chi connectivity index (χ0) is 26.2. The van der Waals surface area contributed by atoms with Crippen molar-refractivity contribution in [3.8, 4) is 11.8 Å². The summed E-state index contributed by atoms with van der Waals surface area (Å²) in [7, 11) is 2.94. The van der Waals surface area contributed by atoms with Gasteiger partial charge in [0.1, 0.15) is 11.8 Å². The van der Waals surface area contributed by atoms with Crippen LogP contribution in [-0.2, 0) is 16.0 Å². The molecule has 7 nitrogen and oxygen atoms in total. The Hall–Kier alpha value is -3.45. The molecule has 1 aliphatic heterocycles. The molecule has 0 saturated heterocycles. The molecule has 1 aliphatic carbocycles. The number of ether oxygens (including phenoxy) is 1. The molecular formula is C26H30F2N4O3S. The Morgan fingerprint density at radius 2 is 2.11 bits per heavy atom. The van der Waals surface area contributed by atoms with E-state index in [1.165, 1.54) is 44.4 Å². The molecule has 0 bridgehead atoms. The molecule has 2 amide bonds. The number of carbonyl (C=O) groups excluding carboxylic acids is 2. The van der Waals surface area contributed by atoms with Gasteiger partial charge in [0.05, 0.1) is 23.8 Å². The molecule has 1 heterocycles. The van der Waals surface area contributed by atoms with Crippen LogP contribution in [0.4, 0.5) is 8.78 Å². The smallest absolute Gasteiger partial charge is 0.261 e. The fourth-order valence-electron chi connectivity index (χ4n) is 3.49. The van der Waals surface area contributed by atoms with Crippen LogP contribution in [0.3, 0.4) is 0 Å². The van der Waals surface area contributed by atoms with Crippen molar-refractivity contribution in [1.82, 2.24) is 16.0 Å². The van der Waals surface area contributed by atoms with Crippen LogP contribution in [0.1, 0.15) is 41.3 Å². The third kappa shape index (κ3) is 7.28. The van der Waals surface area contributed by atoms with Crippen LogP contribution in [0.15, 0.2) is 47.3 Å². The Balaban J connectivity index is 1.91. The van der Waals surface area contributed by atoms with E-state index in [1.807, 2.05) is 6.92 Å². The van der Waals surface area contributed by atoms with Gasteiger partial charge in [-0.3, -0.25) is 9.59 Å². The van der Waals surface area contributed by atoms with Crippen LogP contribution in [0, 0.1) is 17.8 Å². The lowest BCUT2D eigenvalue weighted by atomic mass is 9.92. The Labute approximate surface area is 214 Å². The molecule has 2 aliphatic rings. The van der Waals surface area contributed by atoms with E-state index in [4.69, 9.17) is 10.5 Å². The van der Waals surface area contributed by atoms with Crippen LogP contribution < -0.4 is 21.7 Å². The molecule has 10 heteroatoms. The molecule has 0 radical (unpaired) electrons. The number of thioether (sulfide) groups is 1. The first kappa shape index (κ1) is 27.1. The number of nitrogens with one attached hydrogen (secondary N) is 3. The Morgan fingerprint density at radius 1 is 1.36 bits per heavy atom. The highest BCUT2D eigenvalue weighted by Gasteiger charge is 2.27. The van der Waals surface area contributed by atoms with E-state index in [0.29, 0.717) is 33.3 Å². The number of hydrogen-bond donors (Lipinski definition) is 4. The van der Waals surface area contributed by atoms with Gasteiger partial charge in [-0.1, -0.05) is 29.7 Å². The second-order valence-corrected chi connectivity index (χ2v) is 9.74. The predicted molar refractivity (Wildman–Crippen MR) is 137 cm³/mol. The minimum atomic E-state index is -2.67. The lowest BCUT2D eigenvalue weighted by molar-refractivity contribution is -0.119. The van der Waals surface area contributed by atoms with Crippen molar-refractivity contribution in [2.24, 2.45) is 11.7 Å². The number of halogens is 2. The predicted octanol–water partition coefficient (Wildman–Crippen LogP) is 3.11. The van der Waals surface area contributed by atoms with Gasteiger partial charge in [0.2, 0.25) is 5.91 Å². The Bertz CT molecular complexity index is 1150. The van der Waals surface area contributed by atoms with Crippen molar-refractivity contribution < 1.29 is 23.1 Å². The molecular weight excluding hydrogens is 486 g/mol. The first-order valence-electron chi connectivity index (χ1n) is 11.5. The maximum absolute atomic E-state index is 13.5. The monoisotopic (exact) mass is 516 g/mol. The van der Waals surface area contributed by atoms with Gasteiger partial charge >= 0.3 is 0 Å². The van der Waals surface area contributed by atoms with Gasteiger partial charge in [0.25, 0.3) is 12.3 Å². The number of allylic oxidation sites excluding steroid dienone is 2. The lowest BCUT2D eigenvalue weighted by Crippen LogP contribution is -2.34. The van der Waals surface area contributed by atoms with Crippen LogP contribution >= 0.6 is 11.8 Å². The number of amides is 2. The summed E-state index contributed by atoms with van der Waals surface area (Å²) in [5, 5.41) is 7.69. The number of methoxy groups -OCH3 is 1. The first-order valence-corrected chi connectivity index (χ1v) is 12.4. The number of benzene rings is 1. The molecule has 5 N–H and O–H groups in total. The van der Waals surface area contributed by atoms with Crippen molar-refractivity contribution in [2.45, 2.75) is 44.0 Å². The summed E-state index contributed by atoms with van der Waals surface area (Å²) in [6.45, 7) is 1.81. The van der Waals surface area contributed by atoms with E-state index in [1.54, 1.807) is 18.2 Å². The average Bonchev–Trinajstić information content (AvgIpc) is 3.70. The third-order valence-electron chi connectivity index (χ3n) is 5.54. The van der Waals surface area contributed by atoms with E-state index in [2.05, 4.69) is 27.8 Å². The highest BCUT2D eigenvalue weighted by molar-refractivity contribution is 8.03.